The second kappa shape index (κ2) is 8.22. The largest absolute Gasteiger partial charge is 0.337 e. The Kier molecular flexibility index (Phi) is 5.33. The van der Waals surface area contributed by atoms with Crippen molar-refractivity contribution in [2.45, 2.75) is 13.8 Å². The summed E-state index contributed by atoms with van der Waals surface area (Å²) in [6, 6.07) is 7.65. The van der Waals surface area contributed by atoms with Crippen molar-refractivity contribution in [1.82, 2.24) is 19.9 Å². The highest BCUT2D eigenvalue weighted by atomic mass is 16.1. The Morgan fingerprint density at radius 2 is 1.45 bits per heavy atom. The van der Waals surface area contributed by atoms with Gasteiger partial charge in [-0.3, -0.25) is 4.79 Å². The van der Waals surface area contributed by atoms with Crippen LogP contribution in [0, 0.1) is 13.8 Å². The third-order valence-electron chi connectivity index (χ3n) is 5.15. The Balaban J connectivity index is 1.38. The van der Waals surface area contributed by atoms with Crippen LogP contribution < -0.4 is 15.1 Å². The van der Waals surface area contributed by atoms with Gasteiger partial charge in [0.15, 0.2) is 0 Å². The molecule has 8 nitrogen and oxygen atoms in total. The Bertz CT molecular complexity index is 984. The van der Waals surface area contributed by atoms with Gasteiger partial charge < -0.3 is 15.1 Å². The number of piperazine rings is 1. The molecule has 2 aromatic heterocycles. The van der Waals surface area contributed by atoms with Crippen molar-refractivity contribution >= 4 is 23.5 Å². The summed E-state index contributed by atoms with van der Waals surface area (Å²) in [4.78, 5) is 34.2. The van der Waals surface area contributed by atoms with Crippen LogP contribution in [0.2, 0.25) is 0 Å². The summed E-state index contributed by atoms with van der Waals surface area (Å²) in [6.07, 6.45) is 6.66. The van der Waals surface area contributed by atoms with E-state index in [9.17, 15) is 4.79 Å². The van der Waals surface area contributed by atoms with E-state index in [1.807, 2.05) is 38.1 Å². The normalized spacial score (nSPS) is 14.0. The highest BCUT2D eigenvalue weighted by Gasteiger charge is 2.21. The molecule has 0 unspecified atom stereocenters. The van der Waals surface area contributed by atoms with Crippen molar-refractivity contribution in [3.05, 3.63) is 65.7 Å². The second-order valence-electron chi connectivity index (χ2n) is 7.00. The SMILES string of the molecule is Cc1cccc(NC(=O)c2cnc(N3CCN(c4ncccn4)CC3)nc2)c1C. The third-order valence-corrected chi connectivity index (χ3v) is 5.15. The number of nitrogens with zero attached hydrogens (tertiary/aromatic N) is 6. The number of anilines is 3. The van der Waals surface area contributed by atoms with Crippen LogP contribution in [0.1, 0.15) is 21.5 Å². The molecule has 8 heteroatoms. The predicted molar refractivity (Wildman–Crippen MR) is 112 cm³/mol. The monoisotopic (exact) mass is 389 g/mol. The van der Waals surface area contributed by atoms with Crippen LogP contribution in [0.4, 0.5) is 17.6 Å². The standard InChI is InChI=1S/C21H23N7O/c1-15-5-3-6-18(16(15)2)26-19(29)17-13-24-21(25-14-17)28-11-9-27(10-12-28)20-22-7-4-8-23-20/h3-8,13-14H,9-12H2,1-2H3,(H,26,29). The van der Waals surface area contributed by atoms with E-state index in [0.717, 1.165) is 48.9 Å². The lowest BCUT2D eigenvalue weighted by Gasteiger charge is -2.34. The highest BCUT2D eigenvalue weighted by molar-refractivity contribution is 6.04. The molecular formula is C21H23N7O. The fourth-order valence-electron chi connectivity index (χ4n) is 3.24. The lowest BCUT2D eigenvalue weighted by molar-refractivity contribution is 0.102. The third kappa shape index (κ3) is 4.16. The maximum Gasteiger partial charge on any atom is 0.258 e. The molecule has 1 amide bonds. The molecule has 1 N–H and O–H groups in total. The number of carbonyl (C=O) groups is 1. The van der Waals surface area contributed by atoms with Crippen molar-refractivity contribution in [3.8, 4) is 0 Å². The Morgan fingerprint density at radius 1 is 0.862 bits per heavy atom. The summed E-state index contributed by atoms with van der Waals surface area (Å²) in [6.45, 7) is 7.14. The zero-order chi connectivity index (χ0) is 20.2. The van der Waals surface area contributed by atoms with Crippen molar-refractivity contribution in [2.75, 3.05) is 41.3 Å². The Labute approximate surface area is 169 Å². The summed E-state index contributed by atoms with van der Waals surface area (Å²) >= 11 is 0. The molecule has 1 aliphatic rings. The van der Waals surface area contributed by atoms with Gasteiger partial charge in [-0.2, -0.15) is 0 Å². The van der Waals surface area contributed by atoms with Crippen LogP contribution in [-0.4, -0.2) is 52.0 Å². The van der Waals surface area contributed by atoms with Crippen LogP contribution in [0.5, 0.6) is 0 Å². The molecule has 1 fully saturated rings. The summed E-state index contributed by atoms with van der Waals surface area (Å²) in [5.41, 5.74) is 3.43. The van der Waals surface area contributed by atoms with Crippen molar-refractivity contribution in [2.24, 2.45) is 0 Å². The molecule has 3 aromatic rings. The molecule has 148 valence electrons. The number of benzene rings is 1. The van der Waals surface area contributed by atoms with E-state index in [2.05, 4.69) is 35.1 Å². The maximum absolute atomic E-state index is 12.5. The Hall–Kier alpha value is -3.55. The van der Waals surface area contributed by atoms with Crippen LogP contribution in [-0.2, 0) is 0 Å². The van der Waals surface area contributed by atoms with E-state index < -0.39 is 0 Å². The molecule has 0 bridgehead atoms. The van der Waals surface area contributed by atoms with Crippen molar-refractivity contribution in [3.63, 3.8) is 0 Å². The maximum atomic E-state index is 12.5. The molecule has 0 radical (unpaired) electrons. The molecule has 1 saturated heterocycles. The fraction of sp³-hybridized carbons (Fsp3) is 0.286. The van der Waals surface area contributed by atoms with Crippen molar-refractivity contribution < 1.29 is 4.79 Å². The van der Waals surface area contributed by atoms with E-state index in [-0.39, 0.29) is 5.91 Å². The van der Waals surface area contributed by atoms with E-state index in [1.165, 1.54) is 0 Å². The van der Waals surface area contributed by atoms with Gasteiger partial charge in [-0.25, -0.2) is 19.9 Å². The lowest BCUT2D eigenvalue weighted by Crippen LogP contribution is -2.47. The summed E-state index contributed by atoms with van der Waals surface area (Å²) in [5, 5.41) is 2.94. The number of rotatable bonds is 4. The predicted octanol–water partition coefficient (Wildman–Crippen LogP) is 2.46. The molecule has 0 saturated carbocycles. The average Bonchev–Trinajstić information content (AvgIpc) is 2.78. The van der Waals surface area contributed by atoms with Gasteiger partial charge in [0.05, 0.1) is 5.56 Å². The van der Waals surface area contributed by atoms with Crippen LogP contribution in [0.15, 0.2) is 49.1 Å². The molecule has 4 rings (SSSR count). The van der Waals surface area contributed by atoms with Crippen LogP contribution in [0.3, 0.4) is 0 Å². The van der Waals surface area contributed by atoms with Gasteiger partial charge in [-0.1, -0.05) is 12.1 Å². The van der Waals surface area contributed by atoms with E-state index in [0.29, 0.717) is 11.5 Å². The highest BCUT2D eigenvalue weighted by Crippen LogP contribution is 2.19. The van der Waals surface area contributed by atoms with E-state index >= 15 is 0 Å². The summed E-state index contributed by atoms with van der Waals surface area (Å²) in [5.74, 6) is 1.16. The van der Waals surface area contributed by atoms with Gasteiger partial charge in [0.1, 0.15) is 0 Å². The summed E-state index contributed by atoms with van der Waals surface area (Å²) in [7, 11) is 0. The Morgan fingerprint density at radius 3 is 2.07 bits per heavy atom. The van der Waals surface area contributed by atoms with Crippen molar-refractivity contribution in [1.29, 1.82) is 0 Å². The second-order valence-corrected chi connectivity index (χ2v) is 7.00. The topological polar surface area (TPSA) is 87.1 Å². The number of amides is 1. The minimum absolute atomic E-state index is 0.212. The quantitative estimate of drug-likeness (QED) is 0.733. The number of nitrogens with one attached hydrogen (secondary N) is 1. The minimum atomic E-state index is -0.212. The van der Waals surface area contributed by atoms with Gasteiger partial charge in [0.25, 0.3) is 5.91 Å². The first-order valence-corrected chi connectivity index (χ1v) is 9.58. The van der Waals surface area contributed by atoms with E-state index in [4.69, 9.17) is 0 Å². The molecule has 1 aromatic carbocycles. The lowest BCUT2D eigenvalue weighted by atomic mass is 10.1. The van der Waals surface area contributed by atoms with Gasteiger partial charge in [0.2, 0.25) is 11.9 Å². The van der Waals surface area contributed by atoms with E-state index in [1.54, 1.807) is 24.8 Å². The average molecular weight is 389 g/mol. The van der Waals surface area contributed by atoms with Crippen LogP contribution >= 0.6 is 0 Å². The van der Waals surface area contributed by atoms with Gasteiger partial charge in [0, 0.05) is 56.7 Å². The minimum Gasteiger partial charge on any atom is -0.337 e. The van der Waals surface area contributed by atoms with Crippen LogP contribution in [0.25, 0.3) is 0 Å². The first-order chi connectivity index (χ1) is 14.1. The number of carbonyl (C=O) groups excluding carboxylic acids is 1. The van der Waals surface area contributed by atoms with Gasteiger partial charge in [-0.05, 0) is 37.1 Å². The zero-order valence-corrected chi connectivity index (χ0v) is 16.5. The number of aromatic nitrogens is 4. The zero-order valence-electron chi connectivity index (χ0n) is 16.5. The number of hydrogen-bond acceptors (Lipinski definition) is 7. The molecule has 29 heavy (non-hydrogen) atoms. The number of hydrogen-bond donors (Lipinski definition) is 1. The first kappa shape index (κ1) is 18.8. The smallest absolute Gasteiger partial charge is 0.258 e. The summed E-state index contributed by atoms with van der Waals surface area (Å²) < 4.78 is 0. The molecule has 0 aliphatic carbocycles. The fourth-order valence-corrected chi connectivity index (χ4v) is 3.24. The van der Waals surface area contributed by atoms with Gasteiger partial charge in [-0.15, -0.1) is 0 Å². The molecule has 3 heterocycles. The molecule has 1 aliphatic heterocycles. The number of aryl methyl sites for hydroxylation is 1. The molecular weight excluding hydrogens is 366 g/mol. The molecule has 0 spiro atoms. The first-order valence-electron chi connectivity index (χ1n) is 9.58. The molecule has 0 atom stereocenters. The van der Waals surface area contributed by atoms with Gasteiger partial charge >= 0.3 is 0 Å².